The molecule has 0 amide bonds. The van der Waals surface area contributed by atoms with E-state index in [1.165, 1.54) is 42.5 Å². The number of azo groups is 1. The van der Waals surface area contributed by atoms with Crippen LogP contribution in [0, 0.1) is 10.1 Å². The summed E-state index contributed by atoms with van der Waals surface area (Å²) in [4.78, 5) is 9.74. The molecule has 3 aromatic rings. The first kappa shape index (κ1) is 18.2. The maximum absolute atomic E-state index is 11.7. The highest BCUT2D eigenvalue weighted by atomic mass is 32.2. The van der Waals surface area contributed by atoms with Crippen molar-refractivity contribution in [3.05, 3.63) is 58.6 Å². The SMILES string of the molecule is Nc1c(N=Nc2ccccc2[N+](=O)[O-])c(S(=O)(=O)O)cc2cccc(O)c12. The number of phenolic OH excluding ortho intramolecular Hbond substituents is 1. The van der Waals surface area contributed by atoms with Gasteiger partial charge in [0.25, 0.3) is 15.8 Å². The molecule has 10 nitrogen and oxygen atoms in total. The fourth-order valence-electron chi connectivity index (χ4n) is 2.54. The molecule has 0 unspecified atom stereocenters. The van der Waals surface area contributed by atoms with E-state index in [-0.39, 0.29) is 33.6 Å². The van der Waals surface area contributed by atoms with E-state index in [4.69, 9.17) is 5.73 Å². The summed E-state index contributed by atoms with van der Waals surface area (Å²) >= 11 is 0. The molecule has 0 atom stereocenters. The molecule has 11 heteroatoms. The highest BCUT2D eigenvalue weighted by Gasteiger charge is 2.22. The average Bonchev–Trinajstić information content (AvgIpc) is 2.60. The number of anilines is 1. The molecular weight excluding hydrogens is 376 g/mol. The van der Waals surface area contributed by atoms with Crippen LogP contribution in [0.2, 0.25) is 0 Å². The molecule has 0 heterocycles. The highest BCUT2D eigenvalue weighted by molar-refractivity contribution is 7.86. The lowest BCUT2D eigenvalue weighted by molar-refractivity contribution is -0.384. The quantitative estimate of drug-likeness (QED) is 0.201. The van der Waals surface area contributed by atoms with Crippen molar-refractivity contribution in [2.45, 2.75) is 4.90 Å². The number of nitrogen functional groups attached to an aromatic ring is 1. The van der Waals surface area contributed by atoms with E-state index in [9.17, 15) is 28.2 Å². The Morgan fingerprint density at radius 1 is 1.07 bits per heavy atom. The number of aromatic hydroxyl groups is 1. The minimum atomic E-state index is -4.74. The number of nitrogens with zero attached hydrogens (tertiary/aromatic N) is 3. The van der Waals surface area contributed by atoms with Crippen molar-refractivity contribution in [1.29, 1.82) is 0 Å². The van der Waals surface area contributed by atoms with Gasteiger partial charge in [-0.1, -0.05) is 24.3 Å². The number of nitro benzene ring substituents is 1. The third kappa shape index (κ3) is 3.41. The molecule has 0 saturated heterocycles. The predicted molar refractivity (Wildman–Crippen MR) is 97.1 cm³/mol. The second-order valence-electron chi connectivity index (χ2n) is 5.43. The van der Waals surface area contributed by atoms with Gasteiger partial charge in [0, 0.05) is 11.5 Å². The lowest BCUT2D eigenvalue weighted by atomic mass is 10.1. The summed E-state index contributed by atoms with van der Waals surface area (Å²) in [5.74, 6) is -0.228. The van der Waals surface area contributed by atoms with Crippen LogP contribution in [-0.4, -0.2) is 23.0 Å². The maximum Gasteiger partial charge on any atom is 0.296 e. The largest absolute Gasteiger partial charge is 0.507 e. The van der Waals surface area contributed by atoms with Gasteiger partial charge in [0.1, 0.15) is 16.3 Å². The van der Waals surface area contributed by atoms with Crippen molar-refractivity contribution in [3.63, 3.8) is 0 Å². The second kappa shape index (κ2) is 6.63. The second-order valence-corrected chi connectivity index (χ2v) is 6.82. The lowest BCUT2D eigenvalue weighted by Gasteiger charge is -2.10. The topological polar surface area (TPSA) is 168 Å². The number of benzene rings is 3. The van der Waals surface area contributed by atoms with Crippen LogP contribution < -0.4 is 5.73 Å². The smallest absolute Gasteiger partial charge is 0.296 e. The zero-order chi connectivity index (χ0) is 19.8. The molecule has 138 valence electrons. The molecule has 0 fully saturated rings. The van der Waals surface area contributed by atoms with Crippen molar-refractivity contribution in [3.8, 4) is 5.75 Å². The first-order chi connectivity index (χ1) is 12.7. The number of fused-ring (bicyclic) bond motifs is 1. The van der Waals surface area contributed by atoms with E-state index in [1.54, 1.807) is 0 Å². The molecule has 0 saturated carbocycles. The summed E-state index contributed by atoms with van der Waals surface area (Å²) < 4.78 is 33.0. The molecular formula is C16H12N4O6S. The molecule has 0 aliphatic rings. The van der Waals surface area contributed by atoms with Gasteiger partial charge in [-0.25, -0.2) is 0 Å². The van der Waals surface area contributed by atoms with Crippen molar-refractivity contribution in [1.82, 2.24) is 0 Å². The van der Waals surface area contributed by atoms with E-state index in [1.807, 2.05) is 0 Å². The van der Waals surface area contributed by atoms with E-state index < -0.39 is 25.6 Å². The van der Waals surface area contributed by atoms with Crippen LogP contribution in [-0.2, 0) is 10.1 Å². The number of hydrogen-bond donors (Lipinski definition) is 3. The lowest BCUT2D eigenvalue weighted by Crippen LogP contribution is -2.01. The van der Waals surface area contributed by atoms with Gasteiger partial charge in [-0.15, -0.1) is 10.2 Å². The number of para-hydroxylation sites is 1. The Bertz CT molecular complexity index is 1210. The molecule has 4 N–H and O–H groups in total. The van der Waals surface area contributed by atoms with Gasteiger partial charge in [-0.3, -0.25) is 14.7 Å². The standard InChI is InChI=1S/C16H12N4O6S/c17-15-14-9(4-3-7-12(14)21)8-13(27(24,25)26)16(15)19-18-10-5-1-2-6-11(10)20(22)23/h1-8,21H,17H2,(H,24,25,26). The monoisotopic (exact) mass is 388 g/mol. The van der Waals surface area contributed by atoms with Gasteiger partial charge in [-0.2, -0.15) is 8.42 Å². The Morgan fingerprint density at radius 2 is 1.78 bits per heavy atom. The van der Waals surface area contributed by atoms with Crippen molar-refractivity contribution in [2.24, 2.45) is 10.2 Å². The van der Waals surface area contributed by atoms with Crippen LogP contribution in [0.3, 0.4) is 0 Å². The zero-order valence-corrected chi connectivity index (χ0v) is 14.3. The molecule has 0 radical (unpaired) electrons. The van der Waals surface area contributed by atoms with E-state index in [0.29, 0.717) is 0 Å². The van der Waals surface area contributed by atoms with Gasteiger partial charge in [0.2, 0.25) is 0 Å². The van der Waals surface area contributed by atoms with Gasteiger partial charge in [0.15, 0.2) is 5.69 Å². The Balaban J connectivity index is 2.29. The number of phenols is 1. The Labute approximate surface area is 152 Å². The molecule has 0 spiro atoms. The number of rotatable bonds is 4. The van der Waals surface area contributed by atoms with E-state index in [0.717, 1.165) is 6.07 Å². The Kier molecular flexibility index (Phi) is 4.47. The first-order valence-corrected chi connectivity index (χ1v) is 8.81. The van der Waals surface area contributed by atoms with Gasteiger partial charge in [0.05, 0.1) is 10.6 Å². The third-order valence-corrected chi connectivity index (χ3v) is 4.60. The minimum Gasteiger partial charge on any atom is -0.507 e. The molecule has 27 heavy (non-hydrogen) atoms. The van der Waals surface area contributed by atoms with Gasteiger partial charge >= 0.3 is 0 Å². The summed E-state index contributed by atoms with van der Waals surface area (Å²) in [6, 6.07) is 10.8. The Morgan fingerprint density at radius 3 is 2.44 bits per heavy atom. The fraction of sp³-hybridized carbons (Fsp3) is 0. The average molecular weight is 388 g/mol. The van der Waals surface area contributed by atoms with Crippen LogP contribution in [0.25, 0.3) is 10.8 Å². The summed E-state index contributed by atoms with van der Waals surface area (Å²) in [5.41, 5.74) is 4.78. The minimum absolute atomic E-state index is 0.112. The summed E-state index contributed by atoms with van der Waals surface area (Å²) in [6.07, 6.45) is 0. The van der Waals surface area contributed by atoms with Crippen LogP contribution in [0.1, 0.15) is 0 Å². The maximum atomic E-state index is 11.7. The van der Waals surface area contributed by atoms with E-state index in [2.05, 4.69) is 10.2 Å². The van der Waals surface area contributed by atoms with Crippen molar-refractivity contribution >= 4 is 43.6 Å². The molecule has 0 aromatic heterocycles. The number of hydrogen-bond acceptors (Lipinski definition) is 8. The van der Waals surface area contributed by atoms with Crippen LogP contribution in [0.4, 0.5) is 22.7 Å². The van der Waals surface area contributed by atoms with Gasteiger partial charge < -0.3 is 10.8 Å². The van der Waals surface area contributed by atoms with Crippen LogP contribution in [0.15, 0.2) is 63.7 Å². The summed E-state index contributed by atoms with van der Waals surface area (Å²) in [5, 5.41) is 28.9. The third-order valence-electron chi connectivity index (χ3n) is 3.73. The Hall–Kier alpha value is -3.57. The zero-order valence-electron chi connectivity index (χ0n) is 13.5. The summed E-state index contributed by atoms with van der Waals surface area (Å²) in [6.45, 7) is 0. The van der Waals surface area contributed by atoms with Crippen molar-refractivity contribution < 1.29 is 23.0 Å². The molecule has 0 aliphatic carbocycles. The molecule has 0 bridgehead atoms. The van der Waals surface area contributed by atoms with Gasteiger partial charge in [-0.05, 0) is 23.6 Å². The molecule has 3 aromatic carbocycles. The number of nitrogens with two attached hydrogens (primary N) is 1. The first-order valence-electron chi connectivity index (χ1n) is 7.37. The fourth-order valence-corrected chi connectivity index (χ4v) is 3.21. The normalized spacial score (nSPS) is 11.9. The summed E-state index contributed by atoms with van der Waals surface area (Å²) in [7, 11) is -4.74. The van der Waals surface area contributed by atoms with E-state index >= 15 is 0 Å². The predicted octanol–water partition coefficient (Wildman–Crippen LogP) is 3.70. The van der Waals surface area contributed by atoms with Crippen LogP contribution >= 0.6 is 0 Å². The molecule has 0 aliphatic heterocycles. The highest BCUT2D eigenvalue weighted by Crippen LogP contribution is 2.42. The molecule has 3 rings (SSSR count). The number of nitro groups is 1. The van der Waals surface area contributed by atoms with Crippen LogP contribution in [0.5, 0.6) is 5.75 Å². The van der Waals surface area contributed by atoms with Crippen molar-refractivity contribution in [2.75, 3.05) is 5.73 Å².